The number of carbonyl (C=O) groups is 2. The summed E-state index contributed by atoms with van der Waals surface area (Å²) in [6.45, 7) is 3.81. The van der Waals surface area contributed by atoms with E-state index in [2.05, 4.69) is 0 Å². The smallest absolute Gasteiger partial charge is 0.306 e. The minimum Gasteiger partial charge on any atom is -0.460 e. The Hall–Kier alpha value is -0.860. The zero-order chi connectivity index (χ0) is 14.8. The molecule has 0 radical (unpaired) electrons. The van der Waals surface area contributed by atoms with E-state index in [0.29, 0.717) is 31.5 Å². The van der Waals surface area contributed by atoms with E-state index in [1.165, 1.54) is 32.1 Å². The first-order valence-corrected chi connectivity index (χ1v) is 8.23. The fraction of sp³-hybridized carbons (Fsp3) is 0.882. The molecule has 0 spiro atoms. The molecule has 0 aliphatic carbocycles. The van der Waals surface area contributed by atoms with Gasteiger partial charge in [-0.15, -0.1) is 0 Å². The van der Waals surface area contributed by atoms with Gasteiger partial charge in [-0.3, -0.25) is 9.59 Å². The maximum Gasteiger partial charge on any atom is 0.306 e. The fourth-order valence-corrected chi connectivity index (χ4v) is 2.63. The van der Waals surface area contributed by atoms with Crippen LogP contribution in [0.3, 0.4) is 0 Å². The highest BCUT2D eigenvalue weighted by Gasteiger charge is 2.23. The first-order chi connectivity index (χ1) is 9.49. The molecule has 1 saturated heterocycles. The maximum atomic E-state index is 11.8. The first-order valence-electron chi connectivity index (χ1n) is 8.23. The lowest BCUT2D eigenvalue weighted by molar-refractivity contribution is -0.157. The zero-order valence-electron chi connectivity index (χ0n) is 13.2. The highest BCUT2D eigenvalue weighted by molar-refractivity contribution is 5.78. The van der Waals surface area contributed by atoms with Crippen LogP contribution in [0.15, 0.2) is 0 Å². The predicted octanol–water partition coefficient (Wildman–Crippen LogP) is 4.57. The van der Waals surface area contributed by atoms with Gasteiger partial charge in [0.1, 0.15) is 11.4 Å². The Morgan fingerprint density at radius 3 is 1.85 bits per heavy atom. The molecule has 1 heterocycles. The van der Waals surface area contributed by atoms with Gasteiger partial charge in [0.05, 0.1) is 0 Å². The molecule has 1 aliphatic heterocycles. The molecule has 3 nitrogen and oxygen atoms in total. The van der Waals surface area contributed by atoms with Gasteiger partial charge in [0.25, 0.3) is 0 Å². The maximum absolute atomic E-state index is 11.8. The molecule has 20 heavy (non-hydrogen) atoms. The van der Waals surface area contributed by atoms with E-state index in [1.807, 2.05) is 13.8 Å². The van der Waals surface area contributed by atoms with Crippen molar-refractivity contribution in [3.8, 4) is 0 Å². The van der Waals surface area contributed by atoms with Gasteiger partial charge in [-0.2, -0.15) is 0 Å². The monoisotopic (exact) mass is 282 g/mol. The Morgan fingerprint density at radius 1 is 0.750 bits per heavy atom. The third-order valence-electron chi connectivity index (χ3n) is 3.98. The molecule has 0 aromatic rings. The molecule has 1 fully saturated rings. The summed E-state index contributed by atoms with van der Waals surface area (Å²) < 4.78 is 5.50. The topological polar surface area (TPSA) is 43.4 Å². The third kappa shape index (κ3) is 8.34. The van der Waals surface area contributed by atoms with E-state index in [4.69, 9.17) is 4.74 Å². The predicted molar refractivity (Wildman–Crippen MR) is 80.6 cm³/mol. The van der Waals surface area contributed by atoms with Crippen molar-refractivity contribution < 1.29 is 14.3 Å². The lowest BCUT2D eigenvalue weighted by Crippen LogP contribution is -2.28. The van der Waals surface area contributed by atoms with E-state index in [-0.39, 0.29) is 5.97 Å². The molecule has 0 unspecified atom stereocenters. The standard InChI is InChI=1S/C17H30O3/c1-17(2)14-13-15(18)11-9-7-5-3-4-6-8-10-12-16(19)20-17/h3-14H2,1-2H3. The van der Waals surface area contributed by atoms with E-state index < -0.39 is 5.60 Å². The van der Waals surface area contributed by atoms with Crippen molar-refractivity contribution in [1.29, 1.82) is 0 Å². The molecule has 0 atom stereocenters. The third-order valence-corrected chi connectivity index (χ3v) is 3.98. The van der Waals surface area contributed by atoms with Crippen LogP contribution in [0.25, 0.3) is 0 Å². The van der Waals surface area contributed by atoms with Crippen molar-refractivity contribution in [3.05, 3.63) is 0 Å². The van der Waals surface area contributed by atoms with Gasteiger partial charge in [0.15, 0.2) is 0 Å². The molecular weight excluding hydrogens is 252 g/mol. The minimum absolute atomic E-state index is 0.116. The molecule has 0 bridgehead atoms. The number of cyclic esters (lactones) is 1. The summed E-state index contributed by atoms with van der Waals surface area (Å²) in [5, 5.41) is 0. The van der Waals surface area contributed by atoms with Crippen LogP contribution in [-0.4, -0.2) is 17.4 Å². The van der Waals surface area contributed by atoms with Crippen molar-refractivity contribution in [3.63, 3.8) is 0 Å². The molecule has 1 aliphatic rings. The Balaban J connectivity index is 2.44. The number of rotatable bonds is 0. The molecule has 0 aromatic carbocycles. The summed E-state index contributed by atoms with van der Waals surface area (Å²) in [7, 11) is 0. The van der Waals surface area contributed by atoms with Crippen LogP contribution in [-0.2, 0) is 14.3 Å². The second-order valence-corrected chi connectivity index (χ2v) is 6.60. The van der Waals surface area contributed by atoms with Gasteiger partial charge in [-0.25, -0.2) is 0 Å². The summed E-state index contributed by atoms with van der Waals surface area (Å²) in [6.07, 6.45) is 11.5. The Labute approximate surface area is 123 Å². The molecule has 1 rings (SSSR count). The average Bonchev–Trinajstić information content (AvgIpc) is 2.37. The zero-order valence-corrected chi connectivity index (χ0v) is 13.2. The van der Waals surface area contributed by atoms with Crippen LogP contribution in [0.2, 0.25) is 0 Å². The molecule has 0 N–H and O–H groups in total. The van der Waals surface area contributed by atoms with E-state index in [0.717, 1.165) is 19.3 Å². The van der Waals surface area contributed by atoms with E-state index in [1.54, 1.807) is 0 Å². The summed E-state index contributed by atoms with van der Waals surface area (Å²) >= 11 is 0. The van der Waals surface area contributed by atoms with Crippen molar-refractivity contribution in [2.75, 3.05) is 0 Å². The number of esters is 1. The summed E-state index contributed by atoms with van der Waals surface area (Å²) in [5.74, 6) is 0.191. The normalized spacial score (nSPS) is 24.1. The van der Waals surface area contributed by atoms with Gasteiger partial charge in [-0.1, -0.05) is 38.5 Å². The van der Waals surface area contributed by atoms with Crippen LogP contribution in [0.1, 0.15) is 90.9 Å². The summed E-state index contributed by atoms with van der Waals surface area (Å²) in [5.41, 5.74) is -0.510. The first kappa shape index (κ1) is 17.2. The van der Waals surface area contributed by atoms with E-state index >= 15 is 0 Å². The van der Waals surface area contributed by atoms with Crippen molar-refractivity contribution in [2.24, 2.45) is 0 Å². The Bertz CT molecular complexity index is 307. The van der Waals surface area contributed by atoms with Crippen LogP contribution < -0.4 is 0 Å². The molecule has 0 aromatic heterocycles. The second kappa shape index (κ2) is 9.15. The van der Waals surface area contributed by atoms with E-state index in [9.17, 15) is 9.59 Å². The SMILES string of the molecule is CC1(C)CCC(=O)CCCCCCCCCCC(=O)O1. The summed E-state index contributed by atoms with van der Waals surface area (Å²) in [4.78, 5) is 23.6. The number of hydrogen-bond acceptors (Lipinski definition) is 3. The number of carbonyl (C=O) groups excluding carboxylic acids is 2. The van der Waals surface area contributed by atoms with Crippen LogP contribution in [0, 0.1) is 0 Å². The van der Waals surface area contributed by atoms with Gasteiger partial charge in [-0.05, 0) is 33.1 Å². The molecule has 3 heteroatoms. The lowest BCUT2D eigenvalue weighted by atomic mass is 9.97. The molecule has 0 amide bonds. The van der Waals surface area contributed by atoms with Crippen molar-refractivity contribution in [2.45, 2.75) is 96.5 Å². The lowest BCUT2D eigenvalue weighted by Gasteiger charge is -2.25. The Kier molecular flexibility index (Phi) is 7.86. The van der Waals surface area contributed by atoms with Crippen molar-refractivity contribution in [1.82, 2.24) is 0 Å². The largest absolute Gasteiger partial charge is 0.460 e. The van der Waals surface area contributed by atoms with Gasteiger partial charge in [0.2, 0.25) is 0 Å². The highest BCUT2D eigenvalue weighted by Crippen LogP contribution is 2.20. The minimum atomic E-state index is -0.510. The molecular formula is C17H30O3. The summed E-state index contributed by atoms with van der Waals surface area (Å²) in [6, 6.07) is 0. The second-order valence-electron chi connectivity index (χ2n) is 6.60. The fourth-order valence-electron chi connectivity index (χ4n) is 2.63. The van der Waals surface area contributed by atoms with Gasteiger partial charge < -0.3 is 4.74 Å². The van der Waals surface area contributed by atoms with Crippen LogP contribution in [0.4, 0.5) is 0 Å². The quantitative estimate of drug-likeness (QED) is 0.611. The number of hydrogen-bond donors (Lipinski definition) is 0. The van der Waals surface area contributed by atoms with Gasteiger partial charge >= 0.3 is 5.97 Å². The highest BCUT2D eigenvalue weighted by atomic mass is 16.6. The number of ether oxygens (including phenoxy) is 1. The average molecular weight is 282 g/mol. The van der Waals surface area contributed by atoms with Gasteiger partial charge in [0, 0.05) is 19.3 Å². The molecule has 116 valence electrons. The molecule has 0 saturated carbocycles. The Morgan fingerprint density at radius 2 is 1.25 bits per heavy atom. The number of Topliss-reactive ketones (excluding diaryl/α,β-unsaturated/α-hetero) is 1. The van der Waals surface area contributed by atoms with Crippen LogP contribution >= 0.6 is 0 Å². The van der Waals surface area contributed by atoms with Crippen LogP contribution in [0.5, 0.6) is 0 Å². The number of ketones is 1. The van der Waals surface area contributed by atoms with Crippen molar-refractivity contribution >= 4 is 11.8 Å².